The molecule has 2 N–H and O–H groups in total. The monoisotopic (exact) mass is 310 g/mol. The van der Waals surface area contributed by atoms with E-state index in [0.29, 0.717) is 24.6 Å². The van der Waals surface area contributed by atoms with Gasteiger partial charge in [0.2, 0.25) is 0 Å². The van der Waals surface area contributed by atoms with Crippen molar-refractivity contribution in [3.05, 3.63) is 60.2 Å². The first-order chi connectivity index (χ1) is 11.2. The number of hydrogen-bond acceptors (Lipinski definition) is 3. The highest BCUT2D eigenvalue weighted by atomic mass is 16.5. The SMILES string of the molecule is CCOc1ccc(/C=C\C(=O)N(CC)c2ccccc2)cc1N. The average Bonchev–Trinajstić information content (AvgIpc) is 2.57. The van der Waals surface area contributed by atoms with Crippen molar-refractivity contribution in [3.63, 3.8) is 0 Å². The summed E-state index contributed by atoms with van der Waals surface area (Å²) in [6, 6.07) is 15.1. The molecule has 0 spiro atoms. The third kappa shape index (κ3) is 4.36. The first-order valence-electron chi connectivity index (χ1n) is 7.72. The van der Waals surface area contributed by atoms with Crippen molar-refractivity contribution in [2.24, 2.45) is 0 Å². The molecule has 0 aliphatic rings. The van der Waals surface area contributed by atoms with E-state index in [1.165, 1.54) is 0 Å². The molecule has 4 nitrogen and oxygen atoms in total. The van der Waals surface area contributed by atoms with E-state index >= 15 is 0 Å². The largest absolute Gasteiger partial charge is 0.492 e. The Labute approximate surface area is 137 Å². The minimum absolute atomic E-state index is 0.0637. The number of anilines is 2. The summed E-state index contributed by atoms with van der Waals surface area (Å²) in [6.07, 6.45) is 3.33. The third-order valence-corrected chi connectivity index (χ3v) is 3.40. The summed E-state index contributed by atoms with van der Waals surface area (Å²) in [5.74, 6) is 0.599. The Morgan fingerprint density at radius 2 is 1.91 bits per heavy atom. The summed E-state index contributed by atoms with van der Waals surface area (Å²) in [4.78, 5) is 14.1. The summed E-state index contributed by atoms with van der Waals surface area (Å²) < 4.78 is 5.41. The Morgan fingerprint density at radius 3 is 2.52 bits per heavy atom. The van der Waals surface area contributed by atoms with E-state index in [0.717, 1.165) is 11.3 Å². The van der Waals surface area contributed by atoms with Gasteiger partial charge < -0.3 is 15.4 Å². The van der Waals surface area contributed by atoms with Gasteiger partial charge in [0.25, 0.3) is 5.91 Å². The van der Waals surface area contributed by atoms with Crippen LogP contribution in [0.1, 0.15) is 19.4 Å². The summed E-state index contributed by atoms with van der Waals surface area (Å²) in [5, 5.41) is 0. The van der Waals surface area contributed by atoms with Gasteiger partial charge in [-0.2, -0.15) is 0 Å². The number of carbonyl (C=O) groups is 1. The topological polar surface area (TPSA) is 55.6 Å². The molecule has 0 aliphatic heterocycles. The summed E-state index contributed by atoms with van der Waals surface area (Å²) >= 11 is 0. The van der Waals surface area contributed by atoms with Crippen LogP contribution in [0.2, 0.25) is 0 Å². The molecular weight excluding hydrogens is 288 g/mol. The van der Waals surface area contributed by atoms with Crippen molar-refractivity contribution in [2.75, 3.05) is 23.8 Å². The maximum Gasteiger partial charge on any atom is 0.250 e. The smallest absolute Gasteiger partial charge is 0.250 e. The Bertz CT molecular complexity index is 681. The fourth-order valence-corrected chi connectivity index (χ4v) is 2.29. The number of likely N-dealkylation sites (N-methyl/N-ethyl adjacent to an activating group) is 1. The predicted molar refractivity (Wildman–Crippen MR) is 95.5 cm³/mol. The van der Waals surface area contributed by atoms with Gasteiger partial charge in [-0.1, -0.05) is 24.3 Å². The van der Waals surface area contributed by atoms with Gasteiger partial charge in [0.05, 0.1) is 12.3 Å². The summed E-state index contributed by atoms with van der Waals surface area (Å²) in [5.41, 5.74) is 8.25. The highest BCUT2D eigenvalue weighted by Gasteiger charge is 2.10. The number of nitrogens with zero attached hydrogens (tertiary/aromatic N) is 1. The van der Waals surface area contributed by atoms with E-state index in [1.807, 2.05) is 56.3 Å². The lowest BCUT2D eigenvalue weighted by Gasteiger charge is -2.19. The van der Waals surface area contributed by atoms with Crippen molar-refractivity contribution in [2.45, 2.75) is 13.8 Å². The molecule has 23 heavy (non-hydrogen) atoms. The number of hydrogen-bond donors (Lipinski definition) is 1. The van der Waals surface area contributed by atoms with Gasteiger partial charge >= 0.3 is 0 Å². The van der Waals surface area contributed by atoms with E-state index in [9.17, 15) is 4.79 Å². The average molecular weight is 310 g/mol. The van der Waals surface area contributed by atoms with Crippen LogP contribution < -0.4 is 15.4 Å². The van der Waals surface area contributed by atoms with E-state index in [2.05, 4.69) is 0 Å². The van der Waals surface area contributed by atoms with Crippen LogP contribution in [0, 0.1) is 0 Å². The second kappa shape index (κ2) is 8.03. The third-order valence-electron chi connectivity index (χ3n) is 3.40. The molecule has 120 valence electrons. The van der Waals surface area contributed by atoms with Crippen molar-refractivity contribution >= 4 is 23.4 Å². The van der Waals surface area contributed by atoms with Gasteiger partial charge in [0.15, 0.2) is 0 Å². The van der Waals surface area contributed by atoms with Gasteiger partial charge in [-0.3, -0.25) is 4.79 Å². The van der Waals surface area contributed by atoms with Crippen LogP contribution >= 0.6 is 0 Å². The lowest BCUT2D eigenvalue weighted by atomic mass is 10.1. The van der Waals surface area contributed by atoms with Crippen LogP contribution in [0.3, 0.4) is 0 Å². The van der Waals surface area contributed by atoms with Crippen molar-refractivity contribution < 1.29 is 9.53 Å². The molecule has 1 amide bonds. The number of benzene rings is 2. The van der Waals surface area contributed by atoms with Crippen molar-refractivity contribution in [1.82, 2.24) is 0 Å². The molecular formula is C19H22N2O2. The Morgan fingerprint density at radius 1 is 1.17 bits per heavy atom. The first-order valence-corrected chi connectivity index (χ1v) is 7.72. The lowest BCUT2D eigenvalue weighted by Crippen LogP contribution is -2.28. The number of carbonyl (C=O) groups excluding carboxylic acids is 1. The Hall–Kier alpha value is -2.75. The molecule has 0 aliphatic carbocycles. The first kappa shape index (κ1) is 16.6. The van der Waals surface area contributed by atoms with Crippen molar-refractivity contribution in [1.29, 1.82) is 0 Å². The number of amides is 1. The zero-order valence-corrected chi connectivity index (χ0v) is 13.5. The number of ether oxygens (including phenoxy) is 1. The number of para-hydroxylation sites is 1. The van der Waals surface area contributed by atoms with Gasteiger partial charge in [0.1, 0.15) is 5.75 Å². The van der Waals surface area contributed by atoms with E-state index in [1.54, 1.807) is 23.1 Å². The van der Waals surface area contributed by atoms with Gasteiger partial charge in [-0.05, 0) is 49.8 Å². The molecule has 0 bridgehead atoms. The zero-order valence-electron chi connectivity index (χ0n) is 13.5. The standard InChI is InChI=1S/C19H22N2O2/c1-3-21(16-8-6-5-7-9-16)19(22)13-11-15-10-12-18(23-4-2)17(20)14-15/h5-14H,3-4,20H2,1-2H3/b13-11-. The maximum absolute atomic E-state index is 12.4. The molecule has 0 unspecified atom stereocenters. The molecule has 0 saturated heterocycles. The highest BCUT2D eigenvalue weighted by Crippen LogP contribution is 2.23. The molecule has 2 aromatic rings. The van der Waals surface area contributed by atoms with E-state index < -0.39 is 0 Å². The molecule has 0 fully saturated rings. The fraction of sp³-hybridized carbons (Fsp3) is 0.211. The highest BCUT2D eigenvalue weighted by molar-refractivity contribution is 6.03. The predicted octanol–water partition coefficient (Wildman–Crippen LogP) is 3.73. The van der Waals surface area contributed by atoms with Crippen LogP contribution in [0.15, 0.2) is 54.6 Å². The minimum atomic E-state index is -0.0637. The van der Waals surface area contributed by atoms with Crippen LogP contribution in [-0.2, 0) is 4.79 Å². The molecule has 2 rings (SSSR count). The van der Waals surface area contributed by atoms with E-state index in [4.69, 9.17) is 10.5 Å². The van der Waals surface area contributed by atoms with Gasteiger partial charge in [-0.25, -0.2) is 0 Å². The van der Waals surface area contributed by atoms with Crippen LogP contribution in [-0.4, -0.2) is 19.1 Å². The lowest BCUT2D eigenvalue weighted by molar-refractivity contribution is -0.114. The maximum atomic E-state index is 12.4. The Balaban J connectivity index is 2.12. The number of nitrogens with two attached hydrogens (primary N) is 1. The second-order valence-electron chi connectivity index (χ2n) is 4.98. The van der Waals surface area contributed by atoms with Gasteiger partial charge in [-0.15, -0.1) is 0 Å². The van der Waals surface area contributed by atoms with Crippen LogP contribution in [0.25, 0.3) is 6.08 Å². The summed E-state index contributed by atoms with van der Waals surface area (Å²) in [7, 11) is 0. The normalized spacial score (nSPS) is 10.7. The number of rotatable bonds is 6. The molecule has 0 saturated carbocycles. The molecule has 0 heterocycles. The number of nitrogen functional groups attached to an aromatic ring is 1. The van der Waals surface area contributed by atoms with Crippen LogP contribution in [0.5, 0.6) is 5.75 Å². The zero-order chi connectivity index (χ0) is 16.7. The molecule has 0 aromatic heterocycles. The molecule has 2 aromatic carbocycles. The quantitative estimate of drug-likeness (QED) is 0.653. The molecule has 0 radical (unpaired) electrons. The van der Waals surface area contributed by atoms with Crippen molar-refractivity contribution in [3.8, 4) is 5.75 Å². The van der Waals surface area contributed by atoms with E-state index in [-0.39, 0.29) is 5.91 Å². The summed E-state index contributed by atoms with van der Waals surface area (Å²) in [6.45, 7) is 5.04. The van der Waals surface area contributed by atoms with Gasteiger partial charge in [0, 0.05) is 18.3 Å². The molecule has 0 atom stereocenters. The fourth-order valence-electron chi connectivity index (χ4n) is 2.29. The molecule has 4 heteroatoms. The minimum Gasteiger partial charge on any atom is -0.492 e. The second-order valence-corrected chi connectivity index (χ2v) is 4.98. The Kier molecular flexibility index (Phi) is 5.80. The van der Waals surface area contributed by atoms with Crippen LogP contribution in [0.4, 0.5) is 11.4 Å².